The maximum atomic E-state index is 11.0. The Hall–Kier alpha value is -1.52. The van der Waals surface area contributed by atoms with Crippen LogP contribution >= 0.6 is 0 Å². The van der Waals surface area contributed by atoms with Crippen molar-refractivity contribution in [2.24, 2.45) is 0 Å². The molecular weight excluding hydrogens is 454 g/mol. The molecule has 0 aliphatic carbocycles. The zero-order valence-corrected chi connectivity index (χ0v) is 15.8. The Kier molecular flexibility index (Phi) is 17.1. The second-order valence-electron chi connectivity index (χ2n) is 3.99. The van der Waals surface area contributed by atoms with Crippen molar-refractivity contribution in [3.63, 3.8) is 0 Å². The van der Waals surface area contributed by atoms with Gasteiger partial charge < -0.3 is 32.4 Å². The van der Waals surface area contributed by atoms with Gasteiger partial charge in [-0.1, -0.05) is 12.5 Å². The molecule has 0 aromatic heterocycles. The van der Waals surface area contributed by atoms with Crippen molar-refractivity contribution in [2.75, 3.05) is 7.05 Å². The minimum absolute atomic E-state index is 0. The fourth-order valence-electron chi connectivity index (χ4n) is 1.67. The summed E-state index contributed by atoms with van der Waals surface area (Å²) < 4.78 is 0.791. The van der Waals surface area contributed by atoms with Gasteiger partial charge in [0.05, 0.1) is 0 Å². The Morgan fingerprint density at radius 2 is 1.50 bits per heavy atom. The Bertz CT molecular complexity index is 567. The van der Waals surface area contributed by atoms with Gasteiger partial charge >= 0.3 is 0 Å². The van der Waals surface area contributed by atoms with Crippen LogP contribution in [0.15, 0.2) is 36.4 Å². The number of nitrogens with two attached hydrogens (primary N) is 2. The van der Waals surface area contributed by atoms with Gasteiger partial charge in [-0.25, -0.2) is 15.9 Å². The summed E-state index contributed by atoms with van der Waals surface area (Å²) in [6.45, 7) is 2.04. The van der Waals surface area contributed by atoms with Gasteiger partial charge in [0.1, 0.15) is 7.05 Å². The largest absolute Gasteiger partial charge is 0.693 e. The molecule has 0 aliphatic rings. The van der Waals surface area contributed by atoms with Crippen LogP contribution in [-0.2, 0) is 20.1 Å². The molecule has 22 heavy (non-hydrogen) atoms. The normalized spacial score (nSPS) is 8.91. The van der Waals surface area contributed by atoms with Gasteiger partial charge in [0.2, 0.25) is 0 Å². The summed E-state index contributed by atoms with van der Waals surface area (Å²) in [6, 6.07) is 17.9. The van der Waals surface area contributed by atoms with Crippen molar-refractivity contribution in [3.05, 3.63) is 92.0 Å². The number of benzene rings is 2. The first-order valence-electron chi connectivity index (χ1n) is 5.40. The minimum Gasteiger partial charge on any atom is -0.693 e. The molecule has 4 nitrogen and oxygen atoms in total. The van der Waals surface area contributed by atoms with Crippen LogP contribution in [0.3, 0.4) is 0 Å². The molecular formula is C17H23IrN3O-6. The molecule has 127 valence electrons. The summed E-state index contributed by atoms with van der Waals surface area (Å²) in [6.07, 6.45) is 1.53. The van der Waals surface area contributed by atoms with E-state index in [1.165, 1.54) is 18.8 Å². The fraction of sp³-hybridized carbons (Fsp3) is 0.118. The van der Waals surface area contributed by atoms with E-state index >= 15 is 0 Å². The Morgan fingerprint density at radius 1 is 1.00 bits per heavy atom. The molecule has 0 saturated carbocycles. The van der Waals surface area contributed by atoms with Gasteiger partial charge in [-0.15, -0.1) is 17.7 Å². The van der Waals surface area contributed by atoms with E-state index in [1.807, 2.05) is 37.3 Å². The van der Waals surface area contributed by atoms with Crippen molar-refractivity contribution in [1.29, 1.82) is 0 Å². The molecule has 0 unspecified atom stereocenters. The molecule has 1 radical (unpaired) electrons. The number of aryl methyl sites for hydroxylation is 1. The van der Waals surface area contributed by atoms with E-state index in [-0.39, 0.29) is 47.3 Å². The second-order valence-corrected chi connectivity index (χ2v) is 3.99. The topological polar surface area (TPSA) is 93.1 Å². The molecule has 0 amide bonds. The SMILES string of the molecule is Cc1cc[c-]c(-c2[c-]ccc(/C=[N+](/C)[O-])c2)c1.[CH3-].[CH3-].[Ir].[NH2-].[NH2-]. The molecule has 4 N–H and O–H groups in total. The Labute approximate surface area is 148 Å². The second kappa shape index (κ2) is 13.2. The maximum Gasteiger partial charge on any atom is 0.162 e. The van der Waals surface area contributed by atoms with Crippen molar-refractivity contribution in [3.8, 4) is 11.1 Å². The van der Waals surface area contributed by atoms with Crippen LogP contribution in [0.2, 0.25) is 0 Å². The van der Waals surface area contributed by atoms with Gasteiger partial charge in [0.25, 0.3) is 0 Å². The third-order valence-corrected chi connectivity index (χ3v) is 2.40. The maximum absolute atomic E-state index is 11.0. The smallest absolute Gasteiger partial charge is 0.162 e. The Balaban J connectivity index is -0.000000324. The molecule has 0 aliphatic heterocycles. The van der Waals surface area contributed by atoms with Crippen molar-refractivity contribution in [2.45, 2.75) is 6.92 Å². The van der Waals surface area contributed by atoms with E-state index in [4.69, 9.17) is 0 Å². The van der Waals surface area contributed by atoms with Gasteiger partial charge in [-0.3, -0.25) is 0 Å². The average Bonchev–Trinajstić information content (AvgIpc) is 2.28. The van der Waals surface area contributed by atoms with E-state index in [0.717, 1.165) is 21.4 Å². The number of hydrogen-bond acceptors (Lipinski definition) is 1. The zero-order chi connectivity index (χ0) is 12.3. The first kappa shape index (κ1) is 28.6. The molecule has 0 bridgehead atoms. The quantitative estimate of drug-likeness (QED) is 0.193. The third kappa shape index (κ3) is 8.05. The van der Waals surface area contributed by atoms with Crippen molar-refractivity contribution in [1.82, 2.24) is 0 Å². The van der Waals surface area contributed by atoms with Gasteiger partial charge in [-0.2, -0.15) is 36.4 Å². The molecule has 2 rings (SSSR count). The van der Waals surface area contributed by atoms with E-state index in [2.05, 4.69) is 18.2 Å². The van der Waals surface area contributed by atoms with Gasteiger partial charge in [0.15, 0.2) is 6.21 Å². The van der Waals surface area contributed by atoms with Crippen LogP contribution in [0.1, 0.15) is 11.1 Å². The van der Waals surface area contributed by atoms with Crippen LogP contribution in [0.4, 0.5) is 0 Å². The Morgan fingerprint density at radius 3 is 2.00 bits per heavy atom. The summed E-state index contributed by atoms with van der Waals surface area (Å²) in [4.78, 5) is 0. The predicted molar refractivity (Wildman–Crippen MR) is 92.4 cm³/mol. The zero-order valence-electron chi connectivity index (χ0n) is 13.4. The first-order valence-corrected chi connectivity index (χ1v) is 5.40. The van der Waals surface area contributed by atoms with Crippen molar-refractivity contribution >= 4 is 6.21 Å². The number of hydrogen-bond donors (Lipinski definition) is 0. The van der Waals surface area contributed by atoms with E-state index in [0.29, 0.717) is 0 Å². The van der Waals surface area contributed by atoms with Crippen molar-refractivity contribution < 1.29 is 24.8 Å². The molecule has 0 fully saturated rings. The van der Waals surface area contributed by atoms with E-state index in [9.17, 15) is 5.21 Å². The van der Waals surface area contributed by atoms with Crippen LogP contribution in [0.5, 0.6) is 0 Å². The number of hydroxylamine groups is 1. The minimum atomic E-state index is 0. The molecule has 0 spiro atoms. The molecule has 0 heterocycles. The fourth-order valence-corrected chi connectivity index (χ4v) is 1.67. The molecule has 2 aromatic rings. The molecule has 2 aromatic carbocycles. The van der Waals surface area contributed by atoms with Crippen LogP contribution < -0.4 is 0 Å². The molecule has 5 heteroatoms. The summed E-state index contributed by atoms with van der Waals surface area (Å²) in [7, 11) is 1.47. The van der Waals surface area contributed by atoms with Crippen LogP contribution in [-0.4, -0.2) is 18.0 Å². The monoisotopic (exact) mass is 478 g/mol. The first-order chi connectivity index (χ1) is 8.15. The van der Waals surface area contributed by atoms with E-state index in [1.54, 1.807) is 0 Å². The summed E-state index contributed by atoms with van der Waals surface area (Å²) in [5.74, 6) is 0. The van der Waals surface area contributed by atoms with E-state index < -0.39 is 0 Å². The molecule has 0 atom stereocenters. The van der Waals surface area contributed by atoms with Crippen LogP contribution in [0.25, 0.3) is 23.4 Å². The van der Waals surface area contributed by atoms with Crippen LogP contribution in [0, 0.1) is 39.1 Å². The third-order valence-electron chi connectivity index (χ3n) is 2.40. The summed E-state index contributed by atoms with van der Waals surface area (Å²) in [5.41, 5.74) is 3.99. The predicted octanol–water partition coefficient (Wildman–Crippen LogP) is 5.15. The number of nitrogens with zero attached hydrogens (tertiary/aromatic N) is 1. The average molecular weight is 478 g/mol. The molecule has 0 saturated heterocycles. The van der Waals surface area contributed by atoms with Gasteiger partial charge in [0, 0.05) is 20.1 Å². The van der Waals surface area contributed by atoms with Gasteiger partial charge in [-0.05, 0) is 0 Å². The summed E-state index contributed by atoms with van der Waals surface area (Å²) >= 11 is 0. The number of rotatable bonds is 2. The summed E-state index contributed by atoms with van der Waals surface area (Å²) in [5, 5.41) is 11.0. The standard InChI is InChI=1S/C15H13NO.2CH3.Ir.2H2N/c1-12-5-3-7-14(9-12)15-8-4-6-13(10-15)11-16(2)17;;;;;/h3-6,9-11H,1-2H3;2*1H3;;2*1H2/q-2;2*-1;;2*-1/b16-11-;;;;;.